The smallest absolute Gasteiger partial charge is 0.273 e. The molecule has 0 unspecified atom stereocenters. The van der Waals surface area contributed by atoms with Gasteiger partial charge in [0.15, 0.2) is 5.11 Å². The van der Waals surface area contributed by atoms with Crippen LogP contribution in [0.15, 0.2) is 72.8 Å². The van der Waals surface area contributed by atoms with Crippen LogP contribution in [0.4, 0.5) is 0 Å². The number of hydrogen-bond donors (Lipinski definition) is 3. The zero-order chi connectivity index (χ0) is 22.1. The molecule has 2 amide bonds. The summed E-state index contributed by atoms with van der Waals surface area (Å²) in [7, 11) is 0. The number of thiocarbonyl (C=S) groups is 1. The van der Waals surface area contributed by atoms with Gasteiger partial charge in [-0.15, -0.1) is 0 Å². The summed E-state index contributed by atoms with van der Waals surface area (Å²) in [6, 6.07) is 20.7. The van der Waals surface area contributed by atoms with E-state index in [9.17, 15) is 9.59 Å². The predicted octanol–water partition coefficient (Wildman–Crippen LogP) is 3.98. The fourth-order valence-electron chi connectivity index (χ4n) is 2.92. The van der Waals surface area contributed by atoms with Gasteiger partial charge in [0.1, 0.15) is 5.75 Å². The lowest BCUT2D eigenvalue weighted by Gasteiger charge is -2.13. The van der Waals surface area contributed by atoms with Crippen LogP contribution in [0.25, 0.3) is 16.8 Å². The van der Waals surface area contributed by atoms with Crippen molar-refractivity contribution in [1.82, 2.24) is 16.2 Å². The predicted molar refractivity (Wildman–Crippen MR) is 127 cm³/mol. The third-order valence-electron chi connectivity index (χ3n) is 4.36. The molecule has 158 valence electrons. The number of hydrazine groups is 1. The highest BCUT2D eigenvalue weighted by Gasteiger charge is 2.12. The molecule has 0 fully saturated rings. The first-order valence-electron chi connectivity index (χ1n) is 9.87. The van der Waals surface area contributed by atoms with Gasteiger partial charge in [-0.05, 0) is 53.2 Å². The Bertz CT molecular complexity index is 1120. The number of carbonyl (C=O) groups is 2. The molecule has 0 heterocycles. The lowest BCUT2D eigenvalue weighted by atomic mass is 10.0. The van der Waals surface area contributed by atoms with Crippen LogP contribution in [0.2, 0.25) is 0 Å². The van der Waals surface area contributed by atoms with Gasteiger partial charge in [-0.25, -0.2) is 0 Å². The number of para-hydroxylation sites is 1. The highest BCUT2D eigenvalue weighted by Crippen LogP contribution is 2.19. The topological polar surface area (TPSA) is 79.5 Å². The van der Waals surface area contributed by atoms with Crippen LogP contribution in [0.1, 0.15) is 29.3 Å². The molecular formula is C24H23N3O3S. The maximum atomic E-state index is 12.4. The first-order valence-corrected chi connectivity index (χ1v) is 10.3. The summed E-state index contributed by atoms with van der Waals surface area (Å²) in [4.78, 5) is 24.6. The zero-order valence-corrected chi connectivity index (χ0v) is 17.9. The Morgan fingerprint density at radius 1 is 0.968 bits per heavy atom. The number of amides is 2. The Balaban J connectivity index is 1.54. The standard InChI is InChI=1S/C24H23N3O3S/c1-2-16-30-21-13-6-5-12-20(21)23(29)26-27-24(31)25-22(28)15-14-18-10-7-9-17-8-3-4-11-19(17)18/h3-15H,2,16H2,1H3,(H,26,29)(H2,25,27,28,31)/b15-14+. The van der Waals surface area contributed by atoms with E-state index in [1.54, 1.807) is 30.3 Å². The van der Waals surface area contributed by atoms with Crippen molar-refractivity contribution in [3.8, 4) is 5.75 Å². The quantitative estimate of drug-likeness (QED) is 0.311. The molecule has 7 heteroatoms. The number of carbonyl (C=O) groups excluding carboxylic acids is 2. The van der Waals surface area contributed by atoms with Gasteiger partial charge in [0, 0.05) is 6.08 Å². The summed E-state index contributed by atoms with van der Waals surface area (Å²) in [5.41, 5.74) is 6.29. The minimum Gasteiger partial charge on any atom is -0.493 e. The van der Waals surface area contributed by atoms with E-state index in [0.717, 1.165) is 22.8 Å². The lowest BCUT2D eigenvalue weighted by molar-refractivity contribution is -0.115. The number of fused-ring (bicyclic) bond motifs is 1. The average Bonchev–Trinajstić information content (AvgIpc) is 2.80. The van der Waals surface area contributed by atoms with Crippen molar-refractivity contribution < 1.29 is 14.3 Å². The Labute approximate surface area is 186 Å². The van der Waals surface area contributed by atoms with Crippen LogP contribution >= 0.6 is 12.2 Å². The van der Waals surface area contributed by atoms with Gasteiger partial charge in [-0.2, -0.15) is 0 Å². The Kier molecular flexibility index (Phi) is 7.73. The monoisotopic (exact) mass is 433 g/mol. The van der Waals surface area contributed by atoms with E-state index in [2.05, 4.69) is 16.2 Å². The van der Waals surface area contributed by atoms with Crippen molar-refractivity contribution in [2.45, 2.75) is 13.3 Å². The summed E-state index contributed by atoms with van der Waals surface area (Å²) in [6.45, 7) is 2.50. The Morgan fingerprint density at radius 3 is 2.55 bits per heavy atom. The molecule has 3 aromatic carbocycles. The second kappa shape index (κ2) is 10.9. The third kappa shape index (κ3) is 6.13. The maximum Gasteiger partial charge on any atom is 0.273 e. The molecule has 31 heavy (non-hydrogen) atoms. The fourth-order valence-corrected chi connectivity index (χ4v) is 3.07. The summed E-state index contributed by atoms with van der Waals surface area (Å²) in [5.74, 6) is -0.349. The van der Waals surface area contributed by atoms with Gasteiger partial charge in [0.2, 0.25) is 5.91 Å². The van der Waals surface area contributed by atoms with Crippen molar-refractivity contribution in [3.05, 3.63) is 83.9 Å². The van der Waals surface area contributed by atoms with Gasteiger partial charge < -0.3 is 4.74 Å². The van der Waals surface area contributed by atoms with Crippen LogP contribution < -0.4 is 20.9 Å². The summed E-state index contributed by atoms with van der Waals surface area (Å²) in [5, 5.41) is 4.62. The van der Waals surface area contributed by atoms with Crippen LogP contribution in [0, 0.1) is 0 Å². The number of benzene rings is 3. The Morgan fingerprint density at radius 2 is 1.71 bits per heavy atom. The van der Waals surface area contributed by atoms with Gasteiger partial charge in [0.25, 0.3) is 5.91 Å². The number of hydrogen-bond acceptors (Lipinski definition) is 4. The van der Waals surface area contributed by atoms with Crippen molar-refractivity contribution >= 4 is 46.0 Å². The van der Waals surface area contributed by atoms with E-state index < -0.39 is 11.8 Å². The molecule has 6 nitrogen and oxygen atoms in total. The van der Waals surface area contributed by atoms with E-state index in [4.69, 9.17) is 17.0 Å². The number of rotatable bonds is 6. The number of ether oxygens (including phenoxy) is 1. The molecule has 3 N–H and O–H groups in total. The van der Waals surface area contributed by atoms with Crippen LogP contribution in [-0.4, -0.2) is 23.5 Å². The molecule has 3 rings (SSSR count). The fraction of sp³-hybridized carbons (Fsp3) is 0.125. The molecule has 0 atom stereocenters. The molecule has 0 spiro atoms. The van der Waals surface area contributed by atoms with E-state index in [1.165, 1.54) is 6.08 Å². The molecule has 0 radical (unpaired) electrons. The molecule has 3 aromatic rings. The average molecular weight is 434 g/mol. The molecule has 0 aliphatic carbocycles. The minimum absolute atomic E-state index is 0.0205. The summed E-state index contributed by atoms with van der Waals surface area (Å²) < 4.78 is 5.58. The SMILES string of the molecule is CCCOc1ccccc1C(=O)NNC(=S)NC(=O)/C=C/c1cccc2ccccc12. The summed E-state index contributed by atoms with van der Waals surface area (Å²) in [6.07, 6.45) is 3.95. The molecule has 0 aliphatic heterocycles. The van der Waals surface area contributed by atoms with E-state index in [1.807, 2.05) is 49.4 Å². The van der Waals surface area contributed by atoms with Crippen LogP contribution in [-0.2, 0) is 4.79 Å². The molecule has 0 saturated carbocycles. The molecule has 0 bridgehead atoms. The third-order valence-corrected chi connectivity index (χ3v) is 4.56. The summed E-state index contributed by atoms with van der Waals surface area (Å²) >= 11 is 5.09. The van der Waals surface area contributed by atoms with E-state index >= 15 is 0 Å². The normalized spacial score (nSPS) is 10.6. The number of nitrogens with one attached hydrogen (secondary N) is 3. The van der Waals surface area contributed by atoms with E-state index in [0.29, 0.717) is 17.9 Å². The largest absolute Gasteiger partial charge is 0.493 e. The van der Waals surface area contributed by atoms with E-state index in [-0.39, 0.29) is 5.11 Å². The van der Waals surface area contributed by atoms with Gasteiger partial charge in [-0.1, -0.05) is 61.5 Å². The zero-order valence-electron chi connectivity index (χ0n) is 17.1. The van der Waals surface area contributed by atoms with Gasteiger partial charge in [-0.3, -0.25) is 25.8 Å². The molecular weight excluding hydrogens is 410 g/mol. The molecule has 0 aromatic heterocycles. The van der Waals surface area contributed by atoms with Gasteiger partial charge in [0.05, 0.1) is 12.2 Å². The second-order valence-electron chi connectivity index (χ2n) is 6.64. The van der Waals surface area contributed by atoms with Gasteiger partial charge >= 0.3 is 0 Å². The maximum absolute atomic E-state index is 12.4. The van der Waals surface area contributed by atoms with Crippen LogP contribution in [0.5, 0.6) is 5.75 Å². The molecule has 0 saturated heterocycles. The van der Waals surface area contributed by atoms with Crippen molar-refractivity contribution in [2.75, 3.05) is 6.61 Å². The highest BCUT2D eigenvalue weighted by molar-refractivity contribution is 7.80. The second-order valence-corrected chi connectivity index (χ2v) is 7.05. The minimum atomic E-state index is -0.422. The van der Waals surface area contributed by atoms with Crippen LogP contribution in [0.3, 0.4) is 0 Å². The first kappa shape index (κ1) is 22.0. The van der Waals surface area contributed by atoms with Crippen molar-refractivity contribution in [1.29, 1.82) is 0 Å². The first-order chi connectivity index (χ1) is 15.1. The van der Waals surface area contributed by atoms with Crippen molar-refractivity contribution in [2.24, 2.45) is 0 Å². The highest BCUT2D eigenvalue weighted by atomic mass is 32.1. The lowest BCUT2D eigenvalue weighted by Crippen LogP contribution is -2.48. The molecule has 0 aliphatic rings. The Hall–Kier alpha value is -3.71. The van der Waals surface area contributed by atoms with Crippen molar-refractivity contribution in [3.63, 3.8) is 0 Å².